The van der Waals surface area contributed by atoms with E-state index < -0.39 is 0 Å². The molecule has 3 heteroatoms. The Bertz CT molecular complexity index is 78.1. The molecule has 0 aliphatic carbocycles. The summed E-state index contributed by atoms with van der Waals surface area (Å²) in [4.78, 5) is 18.6. The van der Waals surface area contributed by atoms with Crippen LogP contribution in [0, 0.1) is 0 Å². The monoisotopic (exact) mass is 145 g/mol. The molecule has 0 aliphatic rings. The van der Waals surface area contributed by atoms with Gasteiger partial charge in [-0.15, -0.1) is 0 Å². The number of hydrogen-bond acceptors (Lipinski definition) is 3. The molecule has 0 bridgehead atoms. The third-order valence-corrected chi connectivity index (χ3v) is 1.34. The Morgan fingerprint density at radius 3 is 1.20 bits per heavy atom. The van der Waals surface area contributed by atoms with Crippen LogP contribution in [0.2, 0.25) is 0 Å². The van der Waals surface area contributed by atoms with Gasteiger partial charge in [-0.3, -0.25) is 0 Å². The Hall–Kier alpha value is -0.660. The van der Waals surface area contributed by atoms with E-state index in [9.17, 15) is 0 Å². The molecule has 0 fully saturated rings. The molecule has 0 spiro atoms. The van der Waals surface area contributed by atoms with E-state index in [0.29, 0.717) is 0 Å². The summed E-state index contributed by atoms with van der Waals surface area (Å²) in [5.74, 6) is 0. The van der Waals surface area contributed by atoms with Crippen LogP contribution < -0.4 is 0 Å². The third-order valence-electron chi connectivity index (χ3n) is 1.34. The topological polar surface area (TPSA) is 37.4 Å². The van der Waals surface area contributed by atoms with Crippen molar-refractivity contribution in [3.05, 3.63) is 0 Å². The van der Waals surface area contributed by atoms with Crippen molar-refractivity contribution in [2.24, 2.45) is 0 Å². The highest BCUT2D eigenvalue weighted by Crippen LogP contribution is 1.81. The van der Waals surface area contributed by atoms with Crippen LogP contribution in [-0.2, 0) is 9.59 Å². The van der Waals surface area contributed by atoms with Gasteiger partial charge in [-0.2, -0.15) is 9.59 Å². The summed E-state index contributed by atoms with van der Waals surface area (Å²) >= 11 is 0. The Morgan fingerprint density at radius 1 is 1.00 bits per heavy atom. The smallest absolute Gasteiger partial charge is 0.304 e. The van der Waals surface area contributed by atoms with E-state index in [2.05, 4.69) is 25.7 Å². The number of hydrogen-bond donors (Lipinski definition) is 0. The van der Waals surface area contributed by atoms with E-state index in [1.165, 1.54) is 19.6 Å². The molecular weight excluding hydrogens is 130 g/mol. The lowest BCUT2D eigenvalue weighted by Gasteiger charge is -2.13. The van der Waals surface area contributed by atoms with Gasteiger partial charge in [0.05, 0.1) is 0 Å². The molecule has 0 aromatic carbocycles. The summed E-state index contributed by atoms with van der Waals surface area (Å²) in [5, 5.41) is 0. The molecular formula is C7H15NO2. The minimum atomic E-state index is 0.250. The molecule has 0 atom stereocenters. The van der Waals surface area contributed by atoms with E-state index >= 15 is 0 Å². The van der Waals surface area contributed by atoms with Gasteiger partial charge in [-0.25, -0.2) is 0 Å². The highest BCUT2D eigenvalue weighted by atomic mass is 16.2. The van der Waals surface area contributed by atoms with Crippen LogP contribution in [0.4, 0.5) is 0 Å². The van der Waals surface area contributed by atoms with E-state index in [4.69, 9.17) is 9.59 Å². The quantitative estimate of drug-likeness (QED) is 0.588. The maximum Gasteiger partial charge on any atom is 0.373 e. The molecule has 0 aromatic rings. The maximum atomic E-state index is 8.12. The fraction of sp³-hybridized carbons (Fsp3) is 0.857. The Morgan fingerprint density at radius 2 is 1.20 bits per heavy atom. The van der Waals surface area contributed by atoms with Gasteiger partial charge in [0.1, 0.15) is 0 Å². The van der Waals surface area contributed by atoms with Gasteiger partial charge in [0.2, 0.25) is 0 Å². The highest BCUT2D eigenvalue weighted by molar-refractivity contribution is 5.20. The second-order valence-corrected chi connectivity index (χ2v) is 1.70. The Labute approximate surface area is 62.0 Å². The van der Waals surface area contributed by atoms with Crippen molar-refractivity contribution >= 4 is 6.15 Å². The first-order valence-corrected chi connectivity index (χ1v) is 3.48. The first-order chi connectivity index (χ1) is 4.76. The summed E-state index contributed by atoms with van der Waals surface area (Å²) in [6, 6.07) is 0. The molecule has 10 heavy (non-hydrogen) atoms. The molecule has 0 aromatic heterocycles. The summed E-state index contributed by atoms with van der Waals surface area (Å²) in [6.07, 6.45) is 0.250. The first kappa shape index (κ1) is 12.1. The zero-order chi connectivity index (χ0) is 8.41. The predicted molar refractivity (Wildman–Crippen MR) is 38.5 cm³/mol. The van der Waals surface area contributed by atoms with Crippen molar-refractivity contribution in [2.75, 3.05) is 19.6 Å². The lowest BCUT2D eigenvalue weighted by Crippen LogP contribution is -2.21. The van der Waals surface area contributed by atoms with Gasteiger partial charge in [-0.05, 0) is 19.6 Å². The summed E-state index contributed by atoms with van der Waals surface area (Å²) < 4.78 is 0. The molecule has 0 saturated carbocycles. The second-order valence-electron chi connectivity index (χ2n) is 1.70. The van der Waals surface area contributed by atoms with Crippen molar-refractivity contribution in [1.82, 2.24) is 4.90 Å². The second kappa shape index (κ2) is 11.2. The van der Waals surface area contributed by atoms with Gasteiger partial charge >= 0.3 is 6.15 Å². The molecule has 0 heterocycles. The highest BCUT2D eigenvalue weighted by Gasteiger charge is 1.89. The van der Waals surface area contributed by atoms with E-state index in [0.717, 1.165) is 0 Å². The average Bonchev–Trinajstić information content (AvgIpc) is 1.93. The van der Waals surface area contributed by atoms with E-state index in [1.807, 2.05) is 0 Å². The molecule has 0 radical (unpaired) electrons. The van der Waals surface area contributed by atoms with Crippen LogP contribution in [-0.4, -0.2) is 30.7 Å². The molecule has 60 valence electrons. The molecule has 0 amide bonds. The summed E-state index contributed by atoms with van der Waals surface area (Å²) in [7, 11) is 0. The molecule has 0 unspecified atom stereocenters. The first-order valence-electron chi connectivity index (χ1n) is 3.48. The SMILES string of the molecule is CCN(CC)CC.O=C=O. The average molecular weight is 145 g/mol. The van der Waals surface area contributed by atoms with Crippen LogP contribution in [0.1, 0.15) is 20.8 Å². The molecule has 0 N–H and O–H groups in total. The minimum Gasteiger partial charge on any atom is -0.304 e. The number of rotatable bonds is 3. The summed E-state index contributed by atoms with van der Waals surface area (Å²) in [6.45, 7) is 10.1. The molecule has 0 rings (SSSR count). The molecule has 0 aliphatic heterocycles. The number of nitrogens with zero attached hydrogens (tertiary/aromatic N) is 1. The molecule has 3 nitrogen and oxygen atoms in total. The van der Waals surface area contributed by atoms with Gasteiger partial charge in [0, 0.05) is 0 Å². The van der Waals surface area contributed by atoms with Crippen LogP contribution >= 0.6 is 0 Å². The predicted octanol–water partition coefficient (Wildman–Crippen LogP) is 0.765. The van der Waals surface area contributed by atoms with Crippen molar-refractivity contribution < 1.29 is 9.59 Å². The van der Waals surface area contributed by atoms with Crippen LogP contribution in [0.5, 0.6) is 0 Å². The standard InChI is InChI=1S/C6H15N.CO2/c1-4-7(5-2)6-3;2-1-3/h4-6H2,1-3H3;. The Kier molecular flexibility index (Phi) is 13.5. The van der Waals surface area contributed by atoms with Crippen molar-refractivity contribution in [2.45, 2.75) is 20.8 Å². The van der Waals surface area contributed by atoms with Crippen molar-refractivity contribution in [1.29, 1.82) is 0 Å². The maximum absolute atomic E-state index is 8.12. The van der Waals surface area contributed by atoms with Crippen molar-refractivity contribution in [3.8, 4) is 0 Å². The van der Waals surface area contributed by atoms with Crippen LogP contribution in [0.15, 0.2) is 0 Å². The van der Waals surface area contributed by atoms with Gasteiger partial charge in [0.15, 0.2) is 0 Å². The fourth-order valence-electron chi connectivity index (χ4n) is 0.671. The lowest BCUT2D eigenvalue weighted by atomic mass is 10.5. The zero-order valence-corrected chi connectivity index (χ0v) is 6.89. The van der Waals surface area contributed by atoms with Crippen molar-refractivity contribution in [3.63, 3.8) is 0 Å². The Balaban J connectivity index is 0. The molecule has 0 saturated heterocycles. The lowest BCUT2D eigenvalue weighted by molar-refractivity contribution is -0.191. The van der Waals surface area contributed by atoms with Gasteiger partial charge in [-0.1, -0.05) is 20.8 Å². The third kappa shape index (κ3) is 10.3. The van der Waals surface area contributed by atoms with Gasteiger partial charge < -0.3 is 4.90 Å². The largest absolute Gasteiger partial charge is 0.373 e. The van der Waals surface area contributed by atoms with E-state index in [1.54, 1.807) is 0 Å². The van der Waals surface area contributed by atoms with Gasteiger partial charge in [0.25, 0.3) is 0 Å². The minimum absolute atomic E-state index is 0.250. The fourth-order valence-corrected chi connectivity index (χ4v) is 0.671. The number of carbonyl (C=O) groups excluding carboxylic acids is 2. The van der Waals surface area contributed by atoms with E-state index in [-0.39, 0.29) is 6.15 Å². The zero-order valence-electron chi connectivity index (χ0n) is 6.89. The normalized spacial score (nSPS) is 8.00. The van der Waals surface area contributed by atoms with Crippen LogP contribution in [0.3, 0.4) is 0 Å². The summed E-state index contributed by atoms with van der Waals surface area (Å²) in [5.41, 5.74) is 0. The van der Waals surface area contributed by atoms with Crippen LogP contribution in [0.25, 0.3) is 0 Å².